The third kappa shape index (κ3) is 7.70. The molecule has 3 amide bonds. The van der Waals surface area contributed by atoms with Gasteiger partial charge in [-0.25, -0.2) is 10.4 Å². The first kappa shape index (κ1) is 18.3. The Morgan fingerprint density at radius 1 is 1.17 bits per heavy atom. The molecular formula is C15H21N5O3. The average Bonchev–Trinajstić information content (AvgIpc) is 2.43. The van der Waals surface area contributed by atoms with Crippen LogP contribution in [0.2, 0.25) is 0 Å². The Balaban J connectivity index is 2.46. The molecule has 1 aromatic rings. The van der Waals surface area contributed by atoms with Crippen LogP contribution >= 0.6 is 0 Å². The second-order valence-electron chi connectivity index (χ2n) is 5.93. The summed E-state index contributed by atoms with van der Waals surface area (Å²) in [5.74, 6) is -1.56. The summed E-state index contributed by atoms with van der Waals surface area (Å²) in [6.07, 6.45) is 1.53. The highest BCUT2D eigenvalue weighted by Crippen LogP contribution is 2.01. The highest BCUT2D eigenvalue weighted by molar-refractivity contribution is 6.35. The van der Waals surface area contributed by atoms with Crippen molar-refractivity contribution in [3.8, 4) is 0 Å². The number of hydrazone groups is 1. The monoisotopic (exact) mass is 319 g/mol. The fourth-order valence-electron chi connectivity index (χ4n) is 1.49. The predicted molar refractivity (Wildman–Crippen MR) is 86.6 cm³/mol. The van der Waals surface area contributed by atoms with Gasteiger partial charge in [-0.1, -0.05) is 6.07 Å². The molecule has 8 nitrogen and oxygen atoms in total. The second-order valence-corrected chi connectivity index (χ2v) is 5.93. The summed E-state index contributed by atoms with van der Waals surface area (Å²) in [4.78, 5) is 38.8. The highest BCUT2D eigenvalue weighted by atomic mass is 16.2. The summed E-state index contributed by atoms with van der Waals surface area (Å²) in [5.41, 5.74) is 1.95. The van der Waals surface area contributed by atoms with Gasteiger partial charge in [-0.3, -0.25) is 14.4 Å². The molecule has 0 fully saturated rings. The fraction of sp³-hybridized carbons (Fsp3) is 0.400. The Kier molecular flexibility index (Phi) is 6.37. The van der Waals surface area contributed by atoms with Crippen LogP contribution in [-0.4, -0.2) is 34.0 Å². The summed E-state index contributed by atoms with van der Waals surface area (Å²) in [6.45, 7) is 6.85. The van der Waals surface area contributed by atoms with Crippen LogP contribution in [0, 0.1) is 0 Å². The van der Waals surface area contributed by atoms with Crippen LogP contribution in [0.4, 0.5) is 5.82 Å². The van der Waals surface area contributed by atoms with Crippen LogP contribution in [0.5, 0.6) is 0 Å². The van der Waals surface area contributed by atoms with Crippen LogP contribution in [-0.2, 0) is 14.4 Å². The molecule has 0 bridgehead atoms. The number of carbonyl (C=O) groups is 3. The molecule has 0 saturated heterocycles. The van der Waals surface area contributed by atoms with E-state index in [4.69, 9.17) is 0 Å². The quantitative estimate of drug-likeness (QED) is 0.433. The number of aromatic nitrogens is 1. The zero-order valence-electron chi connectivity index (χ0n) is 13.6. The third-order valence-electron chi connectivity index (χ3n) is 2.39. The first-order valence-corrected chi connectivity index (χ1v) is 7.04. The molecule has 0 unspecified atom stereocenters. The molecule has 1 aromatic heterocycles. The molecule has 0 atom stereocenters. The zero-order valence-corrected chi connectivity index (χ0v) is 13.6. The Hall–Kier alpha value is -2.77. The Labute approximate surface area is 134 Å². The van der Waals surface area contributed by atoms with E-state index >= 15 is 0 Å². The third-order valence-corrected chi connectivity index (χ3v) is 2.39. The van der Waals surface area contributed by atoms with E-state index in [0.717, 1.165) is 0 Å². The van der Waals surface area contributed by atoms with Crippen LogP contribution in [0.25, 0.3) is 0 Å². The predicted octanol–water partition coefficient (Wildman–Crippen LogP) is 0.817. The van der Waals surface area contributed by atoms with Gasteiger partial charge < -0.3 is 10.6 Å². The summed E-state index contributed by atoms with van der Waals surface area (Å²) in [5, 5.41) is 8.83. The van der Waals surface area contributed by atoms with Gasteiger partial charge in [0, 0.05) is 17.4 Å². The maximum Gasteiger partial charge on any atom is 0.329 e. The normalized spacial score (nSPS) is 11.6. The van der Waals surface area contributed by atoms with Gasteiger partial charge in [-0.2, -0.15) is 5.10 Å². The van der Waals surface area contributed by atoms with Gasteiger partial charge in [0.15, 0.2) is 0 Å². The molecule has 0 aliphatic heterocycles. The van der Waals surface area contributed by atoms with Gasteiger partial charge >= 0.3 is 11.8 Å². The average molecular weight is 319 g/mol. The zero-order chi connectivity index (χ0) is 17.5. The van der Waals surface area contributed by atoms with Crippen molar-refractivity contribution in [3.05, 3.63) is 24.4 Å². The minimum atomic E-state index is -0.885. The van der Waals surface area contributed by atoms with Crippen LogP contribution in [0.1, 0.15) is 34.1 Å². The Bertz CT molecular complexity index is 605. The largest absolute Gasteiger partial charge is 0.343 e. The number of hydrogen-bond donors (Lipinski definition) is 3. The van der Waals surface area contributed by atoms with Crippen LogP contribution in [0.3, 0.4) is 0 Å². The molecule has 0 aromatic carbocycles. The molecule has 3 N–H and O–H groups in total. The number of rotatable bonds is 4. The number of nitrogens with one attached hydrogen (secondary N) is 3. The van der Waals surface area contributed by atoms with Crippen molar-refractivity contribution in [1.29, 1.82) is 0 Å². The molecule has 0 saturated carbocycles. The summed E-state index contributed by atoms with van der Waals surface area (Å²) < 4.78 is 0. The van der Waals surface area contributed by atoms with Gasteiger partial charge in [-0.05, 0) is 39.8 Å². The van der Waals surface area contributed by atoms with Gasteiger partial charge in [0.05, 0.1) is 6.42 Å². The maximum atomic E-state index is 11.8. The van der Waals surface area contributed by atoms with Crippen molar-refractivity contribution in [2.24, 2.45) is 5.10 Å². The maximum absolute atomic E-state index is 11.8. The minimum absolute atomic E-state index is 0.0300. The Morgan fingerprint density at radius 2 is 1.87 bits per heavy atom. The van der Waals surface area contributed by atoms with E-state index in [2.05, 4.69) is 26.1 Å². The van der Waals surface area contributed by atoms with Gasteiger partial charge in [-0.15, -0.1) is 0 Å². The van der Waals surface area contributed by atoms with E-state index < -0.39 is 17.4 Å². The van der Waals surface area contributed by atoms with Crippen LogP contribution < -0.4 is 16.1 Å². The molecular weight excluding hydrogens is 298 g/mol. The topological polar surface area (TPSA) is 113 Å². The standard InChI is InChI=1S/C15H21N5O3/c1-10(9-12(21)17-11-7-5-6-8-16-11)19-20-14(23)13(22)18-15(2,3)4/h5-8H,9H2,1-4H3,(H,18,22)(H,20,23)(H,16,17,21)/b19-10-. The van der Waals surface area contributed by atoms with Crippen molar-refractivity contribution in [2.75, 3.05) is 5.32 Å². The minimum Gasteiger partial charge on any atom is -0.343 e. The molecule has 23 heavy (non-hydrogen) atoms. The number of carbonyl (C=O) groups excluding carboxylic acids is 3. The lowest BCUT2D eigenvalue weighted by Gasteiger charge is -2.19. The van der Waals surface area contributed by atoms with E-state index in [-0.39, 0.29) is 12.3 Å². The lowest BCUT2D eigenvalue weighted by Crippen LogP contribution is -2.47. The van der Waals surface area contributed by atoms with Crippen molar-refractivity contribution in [2.45, 2.75) is 39.7 Å². The summed E-state index contributed by atoms with van der Waals surface area (Å²) >= 11 is 0. The number of hydrogen-bond acceptors (Lipinski definition) is 5. The molecule has 1 heterocycles. The van der Waals surface area contributed by atoms with E-state index in [9.17, 15) is 14.4 Å². The van der Waals surface area contributed by atoms with E-state index in [1.54, 1.807) is 52.1 Å². The van der Waals surface area contributed by atoms with Crippen molar-refractivity contribution in [3.63, 3.8) is 0 Å². The van der Waals surface area contributed by atoms with Crippen LogP contribution in [0.15, 0.2) is 29.5 Å². The number of nitrogens with zero attached hydrogens (tertiary/aromatic N) is 2. The number of pyridine rings is 1. The summed E-state index contributed by atoms with van der Waals surface area (Å²) in [7, 11) is 0. The number of anilines is 1. The first-order chi connectivity index (χ1) is 10.7. The molecule has 0 radical (unpaired) electrons. The molecule has 1 rings (SSSR count). The molecule has 0 aliphatic rings. The van der Waals surface area contributed by atoms with Gasteiger partial charge in [0.2, 0.25) is 5.91 Å². The molecule has 0 spiro atoms. The molecule has 0 aliphatic carbocycles. The highest BCUT2D eigenvalue weighted by Gasteiger charge is 2.19. The molecule has 8 heteroatoms. The lowest BCUT2D eigenvalue weighted by atomic mass is 10.1. The van der Waals surface area contributed by atoms with Crippen molar-refractivity contribution >= 4 is 29.3 Å². The Morgan fingerprint density at radius 3 is 2.43 bits per heavy atom. The van der Waals surface area contributed by atoms with Crippen molar-refractivity contribution in [1.82, 2.24) is 15.7 Å². The first-order valence-electron chi connectivity index (χ1n) is 7.04. The second kappa shape index (κ2) is 8.02. The van der Waals surface area contributed by atoms with Gasteiger partial charge in [0.25, 0.3) is 0 Å². The summed E-state index contributed by atoms with van der Waals surface area (Å²) in [6, 6.07) is 5.14. The van der Waals surface area contributed by atoms with Gasteiger partial charge in [0.1, 0.15) is 5.82 Å². The van der Waals surface area contributed by atoms with E-state index in [1.807, 2.05) is 0 Å². The van der Waals surface area contributed by atoms with E-state index in [0.29, 0.717) is 11.5 Å². The SMILES string of the molecule is C/C(CC(=O)Nc1ccccn1)=N/NC(=O)C(=O)NC(C)(C)C. The van der Waals surface area contributed by atoms with E-state index in [1.165, 1.54) is 0 Å². The molecule has 124 valence electrons. The van der Waals surface area contributed by atoms with Crippen molar-refractivity contribution < 1.29 is 14.4 Å². The lowest BCUT2D eigenvalue weighted by molar-refractivity contribution is -0.140. The number of amides is 3. The smallest absolute Gasteiger partial charge is 0.329 e. The fourth-order valence-corrected chi connectivity index (χ4v) is 1.49.